The number of ether oxygens (including phenoxy) is 1. The van der Waals surface area contributed by atoms with Gasteiger partial charge < -0.3 is 10.1 Å². The first kappa shape index (κ1) is 17.3. The number of amides is 1. The summed E-state index contributed by atoms with van der Waals surface area (Å²) in [5.41, 5.74) is 0.758. The molecule has 1 aromatic rings. The molecule has 2 rings (SSSR count). The van der Waals surface area contributed by atoms with E-state index in [1.165, 1.54) is 0 Å². The quantitative estimate of drug-likeness (QED) is 0.863. The summed E-state index contributed by atoms with van der Waals surface area (Å²) in [6.45, 7) is 1.71. The Morgan fingerprint density at radius 3 is 2.77 bits per heavy atom. The second-order valence-electron chi connectivity index (χ2n) is 5.61. The van der Waals surface area contributed by atoms with Crippen LogP contribution in [0, 0.1) is 0 Å². The largest absolute Gasteiger partial charge is 0.496 e. The third-order valence-corrected chi connectivity index (χ3v) is 5.84. The first-order valence-electron chi connectivity index (χ1n) is 7.51. The second-order valence-corrected chi connectivity index (χ2v) is 7.81. The topological polar surface area (TPSA) is 55.4 Å². The molecule has 1 aromatic carbocycles. The van der Waals surface area contributed by atoms with E-state index in [2.05, 4.69) is 5.32 Å². The number of carbonyl (C=O) groups is 1. The molecule has 0 radical (unpaired) electrons. The van der Waals surface area contributed by atoms with Crippen molar-refractivity contribution in [1.29, 1.82) is 0 Å². The highest BCUT2D eigenvalue weighted by molar-refractivity contribution is 7.85. The third kappa shape index (κ3) is 4.46. The van der Waals surface area contributed by atoms with Crippen molar-refractivity contribution >= 4 is 28.3 Å². The molecule has 122 valence electrons. The van der Waals surface area contributed by atoms with Gasteiger partial charge in [0, 0.05) is 27.4 Å². The van der Waals surface area contributed by atoms with Crippen LogP contribution in [0.5, 0.6) is 5.75 Å². The Balaban J connectivity index is 1.98. The van der Waals surface area contributed by atoms with Gasteiger partial charge in [-0.25, -0.2) is 0 Å². The molecule has 0 heterocycles. The van der Waals surface area contributed by atoms with E-state index in [4.69, 9.17) is 16.3 Å². The predicted octanol–water partition coefficient (Wildman–Crippen LogP) is 3.04. The van der Waals surface area contributed by atoms with Crippen molar-refractivity contribution < 1.29 is 13.7 Å². The molecule has 1 aliphatic carbocycles. The molecule has 0 aliphatic heterocycles. The fourth-order valence-electron chi connectivity index (χ4n) is 2.65. The average molecular weight is 344 g/mol. The normalized spacial score (nSPS) is 18.0. The van der Waals surface area contributed by atoms with Gasteiger partial charge in [-0.3, -0.25) is 9.00 Å². The van der Waals surface area contributed by atoms with Crippen LogP contribution in [0.25, 0.3) is 0 Å². The van der Waals surface area contributed by atoms with Crippen molar-refractivity contribution in [2.75, 3.05) is 7.11 Å². The first-order chi connectivity index (χ1) is 10.5. The summed E-state index contributed by atoms with van der Waals surface area (Å²) >= 11 is 5.98. The number of benzene rings is 1. The maximum atomic E-state index is 12.5. The maximum absolute atomic E-state index is 12.5. The first-order valence-corrected chi connectivity index (χ1v) is 9.27. The van der Waals surface area contributed by atoms with Crippen molar-refractivity contribution in [3.05, 3.63) is 28.8 Å². The van der Waals surface area contributed by atoms with E-state index in [-0.39, 0.29) is 17.7 Å². The van der Waals surface area contributed by atoms with Crippen LogP contribution >= 0.6 is 11.6 Å². The molecule has 0 spiro atoms. The van der Waals surface area contributed by atoms with Gasteiger partial charge in [0.05, 0.1) is 12.9 Å². The third-order valence-electron chi connectivity index (χ3n) is 4.01. The molecule has 1 amide bonds. The zero-order valence-corrected chi connectivity index (χ0v) is 14.5. The van der Waals surface area contributed by atoms with Gasteiger partial charge in [0.15, 0.2) is 0 Å². The number of hydrogen-bond acceptors (Lipinski definition) is 3. The van der Waals surface area contributed by atoms with Crippen LogP contribution in [0.1, 0.15) is 38.2 Å². The summed E-state index contributed by atoms with van der Waals surface area (Å²) in [7, 11) is 0.245. The molecule has 1 N–H and O–H groups in total. The van der Waals surface area contributed by atoms with Gasteiger partial charge in [-0.2, -0.15) is 0 Å². The Morgan fingerprint density at radius 2 is 2.14 bits per heavy atom. The van der Waals surface area contributed by atoms with E-state index < -0.39 is 16.0 Å². The van der Waals surface area contributed by atoms with E-state index in [0.717, 1.165) is 31.2 Å². The lowest BCUT2D eigenvalue weighted by Gasteiger charge is -2.17. The fraction of sp³-hybridized carbons (Fsp3) is 0.562. The molecule has 2 atom stereocenters. The molecule has 22 heavy (non-hydrogen) atoms. The van der Waals surface area contributed by atoms with Crippen LogP contribution in [0.4, 0.5) is 0 Å². The highest BCUT2D eigenvalue weighted by atomic mass is 35.5. The molecule has 1 fully saturated rings. The Hall–Kier alpha value is -1.07. The molecule has 0 unspecified atom stereocenters. The van der Waals surface area contributed by atoms with Gasteiger partial charge in [-0.05, 0) is 38.0 Å². The number of hydrogen-bond donors (Lipinski definition) is 1. The van der Waals surface area contributed by atoms with Gasteiger partial charge >= 0.3 is 0 Å². The van der Waals surface area contributed by atoms with Crippen molar-refractivity contribution in [2.24, 2.45) is 0 Å². The molecule has 1 aliphatic rings. The van der Waals surface area contributed by atoms with Gasteiger partial charge in [0.1, 0.15) is 11.0 Å². The van der Waals surface area contributed by atoms with E-state index in [1.807, 2.05) is 0 Å². The number of methoxy groups -OCH3 is 1. The van der Waals surface area contributed by atoms with E-state index in [1.54, 1.807) is 32.2 Å². The summed E-state index contributed by atoms with van der Waals surface area (Å²) in [5.74, 6) is 0.760. The molecule has 4 nitrogen and oxygen atoms in total. The van der Waals surface area contributed by atoms with E-state index >= 15 is 0 Å². The van der Waals surface area contributed by atoms with Crippen molar-refractivity contribution in [2.45, 2.75) is 49.7 Å². The summed E-state index contributed by atoms with van der Waals surface area (Å²) < 4.78 is 17.7. The highest BCUT2D eigenvalue weighted by Crippen LogP contribution is 2.25. The smallest absolute Gasteiger partial charge is 0.235 e. The number of carbonyl (C=O) groups excluding carboxylic acids is 1. The summed E-state index contributed by atoms with van der Waals surface area (Å²) in [6.07, 6.45) is 4.35. The van der Waals surface area contributed by atoms with Gasteiger partial charge in [0.25, 0.3) is 0 Å². The zero-order valence-electron chi connectivity index (χ0n) is 12.9. The van der Waals surface area contributed by atoms with Crippen LogP contribution in [-0.2, 0) is 21.3 Å². The molecular weight excluding hydrogens is 322 g/mol. The lowest BCUT2D eigenvalue weighted by Crippen LogP contribution is -2.40. The van der Waals surface area contributed by atoms with Gasteiger partial charge in [-0.1, -0.05) is 24.4 Å². The van der Waals surface area contributed by atoms with Crippen molar-refractivity contribution in [1.82, 2.24) is 5.32 Å². The van der Waals surface area contributed by atoms with Gasteiger partial charge in [-0.15, -0.1) is 0 Å². The van der Waals surface area contributed by atoms with Gasteiger partial charge in [0.2, 0.25) is 5.91 Å². The fourth-order valence-corrected chi connectivity index (χ4v) is 3.93. The Labute approximate surface area is 139 Å². The summed E-state index contributed by atoms with van der Waals surface area (Å²) in [5, 5.41) is 3.01. The lowest BCUT2D eigenvalue weighted by atomic mass is 10.2. The van der Waals surface area contributed by atoms with Crippen LogP contribution in [-0.4, -0.2) is 28.5 Å². The minimum Gasteiger partial charge on any atom is -0.496 e. The number of rotatable bonds is 6. The monoisotopic (exact) mass is 343 g/mol. The standard InChI is InChI=1S/C16H22ClNO3S/c1-11(16(19)18-14-5-3-4-6-14)22(20)10-12-9-13(17)7-8-15(12)21-2/h7-9,11,14H,3-6,10H2,1-2H3,(H,18,19)/t11-,22-/m1/s1. The summed E-state index contributed by atoms with van der Waals surface area (Å²) in [6, 6.07) is 5.45. The van der Waals surface area contributed by atoms with Crippen LogP contribution in [0.3, 0.4) is 0 Å². The minimum atomic E-state index is -1.32. The van der Waals surface area contributed by atoms with E-state index in [9.17, 15) is 9.00 Å². The molecule has 0 saturated heterocycles. The Bertz CT molecular complexity index is 558. The van der Waals surface area contributed by atoms with Crippen LogP contribution < -0.4 is 10.1 Å². The van der Waals surface area contributed by atoms with Crippen molar-refractivity contribution in [3.8, 4) is 5.75 Å². The second kappa shape index (κ2) is 7.97. The van der Waals surface area contributed by atoms with E-state index in [0.29, 0.717) is 10.8 Å². The molecule has 1 saturated carbocycles. The molecular formula is C16H22ClNO3S. The number of nitrogens with one attached hydrogen (secondary N) is 1. The summed E-state index contributed by atoms with van der Waals surface area (Å²) in [4.78, 5) is 12.2. The Kier molecular flexibility index (Phi) is 6.26. The minimum absolute atomic E-state index is 0.133. The zero-order chi connectivity index (χ0) is 16.1. The average Bonchev–Trinajstić information content (AvgIpc) is 2.99. The molecule has 0 bridgehead atoms. The lowest BCUT2D eigenvalue weighted by molar-refractivity contribution is -0.121. The van der Waals surface area contributed by atoms with Crippen LogP contribution in [0.2, 0.25) is 5.02 Å². The highest BCUT2D eigenvalue weighted by Gasteiger charge is 2.25. The SMILES string of the molecule is COc1ccc(Cl)cc1C[S@@](=O)[C@H](C)C(=O)NC1CCCC1. The number of halogens is 1. The predicted molar refractivity (Wildman–Crippen MR) is 89.7 cm³/mol. The molecule has 0 aromatic heterocycles. The molecule has 6 heteroatoms. The maximum Gasteiger partial charge on any atom is 0.235 e. The Morgan fingerprint density at radius 1 is 1.45 bits per heavy atom. The van der Waals surface area contributed by atoms with Crippen LogP contribution in [0.15, 0.2) is 18.2 Å². The van der Waals surface area contributed by atoms with Crippen molar-refractivity contribution in [3.63, 3.8) is 0 Å².